The first-order chi connectivity index (χ1) is 17.4. The third-order valence-electron chi connectivity index (χ3n) is 5.73. The Labute approximate surface area is 217 Å². The van der Waals surface area contributed by atoms with Gasteiger partial charge in [0.05, 0.1) is 9.88 Å². The van der Waals surface area contributed by atoms with Crippen LogP contribution in [0.3, 0.4) is 0 Å². The van der Waals surface area contributed by atoms with Crippen LogP contribution < -0.4 is 10.2 Å². The van der Waals surface area contributed by atoms with Crippen molar-refractivity contribution in [2.24, 2.45) is 0 Å². The molecular weight excluding hydrogens is 524 g/mol. The lowest BCUT2D eigenvalue weighted by Crippen LogP contribution is -2.22. The highest BCUT2D eigenvalue weighted by molar-refractivity contribution is 7.85. The van der Waals surface area contributed by atoms with Crippen molar-refractivity contribution >= 4 is 45.0 Å². The maximum atomic E-state index is 12.3. The number of carbonyl (C=O) groups is 2. The van der Waals surface area contributed by atoms with E-state index in [1.165, 1.54) is 19.1 Å². The third-order valence-corrected chi connectivity index (χ3v) is 6.89. The molecule has 0 bridgehead atoms. The zero-order valence-electron chi connectivity index (χ0n) is 19.4. The average molecular weight is 547 g/mol. The highest BCUT2D eigenvalue weighted by atomic mass is 32.2. The predicted molar refractivity (Wildman–Crippen MR) is 135 cm³/mol. The fourth-order valence-corrected chi connectivity index (χ4v) is 4.75. The van der Waals surface area contributed by atoms with E-state index in [4.69, 9.17) is 21.8 Å². The van der Waals surface area contributed by atoms with Gasteiger partial charge in [-0.3, -0.25) is 9.39 Å². The molecule has 1 atom stereocenters. The lowest BCUT2D eigenvalue weighted by atomic mass is 9.97. The SMILES string of the molecule is CC(=O)CCC(=S)Nc1ccc2c(c1)C(COC(=O)On1c(O)ccc1O)c1cc(S(=O)(=O)O)ccc1-2. The van der Waals surface area contributed by atoms with Gasteiger partial charge in [0, 0.05) is 36.6 Å². The Kier molecular flexibility index (Phi) is 7.21. The number of rotatable bonds is 8. The third kappa shape index (κ3) is 5.74. The van der Waals surface area contributed by atoms with Crippen LogP contribution in [0.25, 0.3) is 11.1 Å². The lowest BCUT2D eigenvalue weighted by Gasteiger charge is -2.16. The summed E-state index contributed by atoms with van der Waals surface area (Å²) in [5.41, 5.74) is 3.21. The van der Waals surface area contributed by atoms with E-state index in [9.17, 15) is 32.8 Å². The number of anilines is 1. The van der Waals surface area contributed by atoms with Gasteiger partial charge < -0.3 is 25.1 Å². The molecule has 194 valence electrons. The Balaban J connectivity index is 1.62. The van der Waals surface area contributed by atoms with E-state index >= 15 is 0 Å². The van der Waals surface area contributed by atoms with E-state index in [-0.39, 0.29) is 17.3 Å². The molecule has 0 amide bonds. The minimum Gasteiger partial charge on any atom is -0.492 e. The number of carbonyl (C=O) groups excluding carboxylic acids is 2. The summed E-state index contributed by atoms with van der Waals surface area (Å²) in [6.07, 6.45) is -0.564. The summed E-state index contributed by atoms with van der Waals surface area (Å²) >= 11 is 5.31. The molecule has 4 rings (SSSR count). The summed E-state index contributed by atoms with van der Waals surface area (Å²) in [6.45, 7) is 1.18. The van der Waals surface area contributed by atoms with Gasteiger partial charge in [0.2, 0.25) is 11.8 Å². The van der Waals surface area contributed by atoms with Crippen molar-refractivity contribution in [2.45, 2.75) is 30.6 Å². The van der Waals surface area contributed by atoms with Crippen molar-refractivity contribution in [3.8, 4) is 22.9 Å². The number of nitrogens with one attached hydrogen (secondary N) is 1. The van der Waals surface area contributed by atoms with Crippen LogP contribution in [0, 0.1) is 0 Å². The van der Waals surface area contributed by atoms with E-state index in [0.717, 1.165) is 17.7 Å². The molecule has 4 N–H and O–H groups in total. The maximum absolute atomic E-state index is 12.3. The van der Waals surface area contributed by atoms with Gasteiger partial charge in [0.1, 0.15) is 12.4 Å². The number of Topliss-reactive ketones (excluding diaryl/α,β-unsaturated/α-hetero) is 1. The number of ketones is 1. The van der Waals surface area contributed by atoms with Gasteiger partial charge in [-0.2, -0.15) is 8.42 Å². The van der Waals surface area contributed by atoms with E-state index in [2.05, 4.69) is 5.32 Å². The highest BCUT2D eigenvalue weighted by Gasteiger charge is 2.32. The van der Waals surface area contributed by atoms with E-state index < -0.39 is 34.0 Å². The fraction of sp³-hybridized carbons (Fsp3) is 0.208. The summed E-state index contributed by atoms with van der Waals surface area (Å²) in [5, 5.41) is 22.4. The van der Waals surface area contributed by atoms with E-state index in [1.54, 1.807) is 24.3 Å². The minimum atomic E-state index is -4.50. The molecule has 13 heteroatoms. The molecule has 0 radical (unpaired) electrons. The number of nitrogens with zero attached hydrogens (tertiary/aromatic N) is 1. The van der Waals surface area contributed by atoms with Crippen molar-refractivity contribution in [1.29, 1.82) is 0 Å². The quantitative estimate of drug-likeness (QED) is 0.185. The second-order valence-corrected chi connectivity index (χ2v) is 10.2. The average Bonchev–Trinajstić information content (AvgIpc) is 3.31. The van der Waals surface area contributed by atoms with Crippen LogP contribution in [0.15, 0.2) is 53.4 Å². The predicted octanol–water partition coefficient (Wildman–Crippen LogP) is 3.63. The maximum Gasteiger partial charge on any atom is 0.534 e. The zero-order chi connectivity index (χ0) is 26.9. The Hall–Kier alpha value is -3.94. The van der Waals surface area contributed by atoms with Crippen molar-refractivity contribution < 1.29 is 42.3 Å². The molecule has 1 heterocycles. The zero-order valence-corrected chi connectivity index (χ0v) is 21.0. The Bertz CT molecular complexity index is 1490. The molecule has 0 spiro atoms. The number of benzene rings is 2. The van der Waals surface area contributed by atoms with Gasteiger partial charge in [-0.1, -0.05) is 24.4 Å². The van der Waals surface area contributed by atoms with Crippen molar-refractivity contribution in [3.05, 3.63) is 59.7 Å². The summed E-state index contributed by atoms with van der Waals surface area (Å²) in [5.74, 6) is -1.70. The Morgan fingerprint density at radius 2 is 1.62 bits per heavy atom. The molecule has 1 aliphatic rings. The number of aromatic nitrogens is 1. The lowest BCUT2D eigenvalue weighted by molar-refractivity contribution is -0.116. The van der Waals surface area contributed by atoms with Crippen LogP contribution in [0.1, 0.15) is 36.8 Å². The van der Waals surface area contributed by atoms with Gasteiger partial charge in [0.25, 0.3) is 10.1 Å². The second-order valence-electron chi connectivity index (χ2n) is 8.33. The molecule has 0 fully saturated rings. The Morgan fingerprint density at radius 1 is 1.00 bits per heavy atom. The van der Waals surface area contributed by atoms with Crippen LogP contribution in [0.2, 0.25) is 0 Å². The van der Waals surface area contributed by atoms with Crippen LogP contribution >= 0.6 is 12.2 Å². The standard InChI is InChI=1S/C24H22N2O9S2/c1-13(27)2-7-21(36)25-14-3-5-16-17-6-4-15(37(31,32)33)11-19(17)20(18(16)10-14)12-34-24(30)35-26-22(28)8-9-23(26)29/h3-6,8-11,20,28-29H,2,7,12H2,1H3,(H,25,36)(H,31,32,33). The minimum absolute atomic E-state index is 0.00819. The number of thiocarbonyl (C=S) groups is 1. The van der Waals surface area contributed by atoms with Gasteiger partial charge in [-0.25, -0.2) is 4.79 Å². The largest absolute Gasteiger partial charge is 0.534 e. The fourth-order valence-electron chi connectivity index (χ4n) is 4.02. The summed E-state index contributed by atoms with van der Waals surface area (Å²) in [6, 6.07) is 11.7. The first kappa shape index (κ1) is 26.1. The number of hydrogen-bond donors (Lipinski definition) is 4. The first-order valence-electron chi connectivity index (χ1n) is 10.9. The highest BCUT2D eigenvalue weighted by Crippen LogP contribution is 2.46. The molecule has 0 saturated carbocycles. The van der Waals surface area contributed by atoms with Crippen molar-refractivity contribution in [1.82, 2.24) is 4.73 Å². The molecular formula is C24H22N2O9S2. The monoisotopic (exact) mass is 546 g/mol. The number of fused-ring (bicyclic) bond motifs is 3. The van der Waals surface area contributed by atoms with Crippen molar-refractivity contribution in [3.63, 3.8) is 0 Å². The molecule has 0 aliphatic heterocycles. The summed E-state index contributed by atoms with van der Waals surface area (Å²) in [7, 11) is -4.50. The van der Waals surface area contributed by atoms with E-state index in [1.807, 2.05) is 0 Å². The van der Waals surface area contributed by atoms with E-state index in [0.29, 0.717) is 44.9 Å². The first-order valence-corrected chi connectivity index (χ1v) is 12.8. The van der Waals surface area contributed by atoms with Crippen LogP contribution in [0.4, 0.5) is 10.5 Å². The number of ether oxygens (including phenoxy) is 1. The number of hydrogen-bond acceptors (Lipinski definition) is 9. The van der Waals surface area contributed by atoms with Crippen LogP contribution in [-0.2, 0) is 19.6 Å². The van der Waals surface area contributed by atoms with Gasteiger partial charge in [0.15, 0.2) is 0 Å². The van der Waals surface area contributed by atoms with Gasteiger partial charge in [-0.15, -0.1) is 4.73 Å². The topological polar surface area (TPSA) is 164 Å². The summed E-state index contributed by atoms with van der Waals surface area (Å²) in [4.78, 5) is 28.5. The Morgan fingerprint density at radius 3 is 2.24 bits per heavy atom. The second kappa shape index (κ2) is 10.2. The molecule has 3 aromatic rings. The molecule has 0 saturated heterocycles. The normalized spacial score (nSPS) is 13.9. The summed E-state index contributed by atoms with van der Waals surface area (Å²) < 4.78 is 38.8. The molecule has 1 unspecified atom stereocenters. The van der Waals surface area contributed by atoms with Gasteiger partial charge in [-0.05, 0) is 53.4 Å². The van der Waals surface area contributed by atoms with Crippen LogP contribution in [-0.4, -0.2) is 51.4 Å². The number of aromatic hydroxyl groups is 2. The van der Waals surface area contributed by atoms with Crippen molar-refractivity contribution in [2.75, 3.05) is 11.9 Å². The molecule has 1 aromatic heterocycles. The van der Waals surface area contributed by atoms with Gasteiger partial charge >= 0.3 is 6.16 Å². The molecule has 2 aromatic carbocycles. The van der Waals surface area contributed by atoms with Crippen LogP contribution in [0.5, 0.6) is 11.8 Å². The molecule has 37 heavy (non-hydrogen) atoms. The smallest absolute Gasteiger partial charge is 0.492 e. The molecule has 1 aliphatic carbocycles. The molecule has 11 nitrogen and oxygen atoms in total.